The molecule has 2 aliphatic heterocycles. The van der Waals surface area contributed by atoms with Crippen molar-refractivity contribution in [3.63, 3.8) is 0 Å². The van der Waals surface area contributed by atoms with E-state index in [0.29, 0.717) is 11.1 Å². The number of hydrogen-bond donors (Lipinski definition) is 3. The van der Waals surface area contributed by atoms with Crippen LogP contribution in [-0.2, 0) is 17.6 Å². The van der Waals surface area contributed by atoms with Gasteiger partial charge in [-0.1, -0.05) is 41.9 Å². The average molecular weight is 401 g/mol. The van der Waals surface area contributed by atoms with Crippen LogP contribution < -0.4 is 10.5 Å². The van der Waals surface area contributed by atoms with Crippen molar-refractivity contribution in [3.8, 4) is 0 Å². The number of quaternary nitrogens is 1. The van der Waals surface area contributed by atoms with Crippen molar-refractivity contribution in [2.75, 3.05) is 25.1 Å². The number of nitrogens with one attached hydrogen (secondary N) is 2. The zero-order valence-electron chi connectivity index (χ0n) is 16.9. The highest BCUT2D eigenvalue weighted by molar-refractivity contribution is 5.98. The number of aromatic amines is 1. The summed E-state index contributed by atoms with van der Waals surface area (Å²) in [5, 5.41) is 13.4. The van der Waals surface area contributed by atoms with E-state index in [1.807, 2.05) is 6.08 Å². The van der Waals surface area contributed by atoms with E-state index in [0.717, 1.165) is 30.5 Å². The maximum absolute atomic E-state index is 12.1. The topological polar surface area (TPSA) is 68.4 Å². The van der Waals surface area contributed by atoms with E-state index >= 15 is 0 Å². The standard InChI is InChI=1S/C24H24N4O2/c1-28(26-27-10-9-15-5-2-3-8-21(15)27)14-17(24(29)30)11-19-18-6-4-7-20-23(18)16(13-25-20)12-22(19)28/h2-8,11,13,17,22,25-26H,9-10,12,14H2,1H3/p+1/t17-,22-,28?/m1/s1. The van der Waals surface area contributed by atoms with Crippen LogP contribution in [0, 0.1) is 5.92 Å². The number of para-hydroxylation sites is 1. The Morgan fingerprint density at radius 2 is 2.07 bits per heavy atom. The highest BCUT2D eigenvalue weighted by Crippen LogP contribution is 2.43. The molecule has 3 aliphatic rings. The van der Waals surface area contributed by atoms with Crippen molar-refractivity contribution in [1.82, 2.24) is 10.5 Å². The molecular formula is C24H25N4O2+. The van der Waals surface area contributed by atoms with Crippen LogP contribution in [0.5, 0.6) is 0 Å². The van der Waals surface area contributed by atoms with E-state index in [2.05, 4.69) is 71.2 Å². The lowest BCUT2D eigenvalue weighted by atomic mass is 9.79. The molecule has 0 saturated heterocycles. The second-order valence-electron chi connectivity index (χ2n) is 8.91. The fraction of sp³-hybridized carbons (Fsp3) is 0.292. The third-order valence-corrected chi connectivity index (χ3v) is 7.07. The summed E-state index contributed by atoms with van der Waals surface area (Å²) in [6.07, 6.45) is 6.00. The molecule has 3 aromatic rings. The minimum atomic E-state index is -0.763. The Morgan fingerprint density at radius 1 is 1.20 bits per heavy atom. The number of fused-ring (bicyclic) bond motifs is 3. The molecule has 3 N–H and O–H groups in total. The molecule has 6 rings (SSSR count). The van der Waals surface area contributed by atoms with E-state index < -0.39 is 11.9 Å². The molecule has 6 nitrogen and oxygen atoms in total. The first-order valence-electron chi connectivity index (χ1n) is 10.6. The highest BCUT2D eigenvalue weighted by atomic mass is 16.4. The molecule has 1 unspecified atom stereocenters. The number of aliphatic carboxylic acids is 1. The number of hydrazine groups is 1. The van der Waals surface area contributed by atoms with Crippen molar-refractivity contribution >= 4 is 28.1 Å². The van der Waals surface area contributed by atoms with E-state index in [1.54, 1.807) is 0 Å². The van der Waals surface area contributed by atoms with Crippen molar-refractivity contribution < 1.29 is 14.5 Å². The fourth-order valence-corrected chi connectivity index (χ4v) is 5.65. The van der Waals surface area contributed by atoms with E-state index in [4.69, 9.17) is 0 Å². The lowest BCUT2D eigenvalue weighted by molar-refractivity contribution is -0.970. The van der Waals surface area contributed by atoms with Crippen LogP contribution in [0.3, 0.4) is 0 Å². The number of carboxylic acid groups (broad SMARTS) is 1. The summed E-state index contributed by atoms with van der Waals surface area (Å²) in [7, 11) is 2.15. The lowest BCUT2D eigenvalue weighted by Crippen LogP contribution is -2.70. The number of hydrogen-bond acceptors (Lipinski definition) is 3. The third kappa shape index (κ3) is 2.47. The van der Waals surface area contributed by atoms with Gasteiger partial charge in [0.15, 0.2) is 0 Å². The molecule has 3 heterocycles. The molecule has 2 aromatic carbocycles. The van der Waals surface area contributed by atoms with Crippen molar-refractivity contribution in [2.24, 2.45) is 5.92 Å². The van der Waals surface area contributed by atoms with Gasteiger partial charge in [-0.05, 0) is 35.2 Å². The van der Waals surface area contributed by atoms with Gasteiger partial charge in [0.25, 0.3) is 0 Å². The summed E-state index contributed by atoms with van der Waals surface area (Å²) in [6, 6.07) is 14.9. The Labute approximate surface area is 174 Å². The predicted molar refractivity (Wildman–Crippen MR) is 117 cm³/mol. The van der Waals surface area contributed by atoms with Gasteiger partial charge in [0.2, 0.25) is 0 Å². The summed E-state index contributed by atoms with van der Waals surface area (Å²) in [5.41, 5.74) is 11.0. The number of rotatable bonds is 3. The highest BCUT2D eigenvalue weighted by Gasteiger charge is 2.48. The molecule has 1 aliphatic carbocycles. The molecule has 0 saturated carbocycles. The van der Waals surface area contributed by atoms with Crippen LogP contribution in [0.1, 0.15) is 16.7 Å². The summed E-state index contributed by atoms with van der Waals surface area (Å²) in [6.45, 7) is 1.40. The maximum Gasteiger partial charge on any atom is 0.316 e. The number of H-pyrrole nitrogens is 1. The first-order chi connectivity index (χ1) is 14.5. The van der Waals surface area contributed by atoms with E-state index in [9.17, 15) is 9.90 Å². The Kier molecular flexibility index (Phi) is 3.67. The predicted octanol–water partition coefficient (Wildman–Crippen LogP) is 3.12. The van der Waals surface area contributed by atoms with Gasteiger partial charge in [0.1, 0.15) is 18.5 Å². The number of nitrogens with zero attached hydrogens (tertiary/aromatic N) is 2. The third-order valence-electron chi connectivity index (χ3n) is 7.07. The van der Waals surface area contributed by atoms with Crippen LogP contribution in [0.25, 0.3) is 16.5 Å². The van der Waals surface area contributed by atoms with E-state index in [1.165, 1.54) is 27.8 Å². The molecular weight excluding hydrogens is 376 g/mol. The number of benzene rings is 2. The van der Waals surface area contributed by atoms with Gasteiger partial charge in [0, 0.05) is 35.6 Å². The number of carbonyl (C=O) groups is 1. The molecule has 3 atom stereocenters. The summed E-state index contributed by atoms with van der Waals surface area (Å²) in [5.74, 6) is -1.29. The van der Waals surface area contributed by atoms with Crippen LogP contribution >= 0.6 is 0 Å². The molecule has 1 aromatic heterocycles. The minimum Gasteiger partial charge on any atom is -0.481 e. The summed E-state index contributed by atoms with van der Waals surface area (Å²) < 4.78 is 0.470. The smallest absolute Gasteiger partial charge is 0.316 e. The van der Waals surface area contributed by atoms with Gasteiger partial charge in [-0.3, -0.25) is 9.80 Å². The molecule has 0 amide bonds. The Hall–Kier alpha value is -3.09. The van der Waals surface area contributed by atoms with Crippen LogP contribution in [0.4, 0.5) is 5.69 Å². The average Bonchev–Trinajstić information content (AvgIpc) is 3.34. The molecule has 152 valence electrons. The molecule has 30 heavy (non-hydrogen) atoms. The van der Waals surface area contributed by atoms with Gasteiger partial charge < -0.3 is 10.1 Å². The van der Waals surface area contributed by atoms with E-state index in [-0.39, 0.29) is 6.04 Å². The molecule has 0 spiro atoms. The molecule has 0 radical (unpaired) electrons. The fourth-order valence-electron chi connectivity index (χ4n) is 5.65. The zero-order chi connectivity index (χ0) is 20.5. The largest absolute Gasteiger partial charge is 0.481 e. The van der Waals surface area contributed by atoms with Crippen LogP contribution in [0.2, 0.25) is 0 Å². The van der Waals surface area contributed by atoms with Crippen molar-refractivity contribution in [3.05, 3.63) is 71.4 Å². The number of carboxylic acids is 1. The van der Waals surface area contributed by atoms with Crippen LogP contribution in [0.15, 0.2) is 54.7 Å². The number of anilines is 1. The van der Waals surface area contributed by atoms with Gasteiger partial charge in [-0.25, -0.2) is 4.59 Å². The quantitative estimate of drug-likeness (QED) is 0.590. The van der Waals surface area contributed by atoms with Crippen molar-refractivity contribution in [2.45, 2.75) is 18.9 Å². The van der Waals surface area contributed by atoms with Gasteiger partial charge in [-0.15, -0.1) is 0 Å². The Morgan fingerprint density at radius 3 is 2.93 bits per heavy atom. The normalized spacial score (nSPS) is 27.0. The maximum atomic E-state index is 12.1. The molecule has 0 fully saturated rings. The monoisotopic (exact) mass is 401 g/mol. The second-order valence-corrected chi connectivity index (χ2v) is 8.91. The zero-order valence-corrected chi connectivity index (χ0v) is 16.9. The number of likely N-dealkylation sites (N-methyl/N-ethyl adjacent to an activating group) is 1. The van der Waals surface area contributed by atoms with Gasteiger partial charge in [-0.2, -0.15) is 0 Å². The SMILES string of the molecule is C[N+]1(NN2CCc3ccccc32)C[C@H](C(=O)O)C=C2c3cccc4[nH]cc(c34)C[C@H]21. The van der Waals surface area contributed by atoms with Gasteiger partial charge >= 0.3 is 5.97 Å². The Balaban J connectivity index is 1.45. The summed E-state index contributed by atoms with van der Waals surface area (Å²) >= 11 is 0. The molecule has 0 bridgehead atoms. The Bertz CT molecular complexity index is 1210. The molecule has 6 heteroatoms. The van der Waals surface area contributed by atoms with Crippen molar-refractivity contribution in [1.29, 1.82) is 0 Å². The first kappa shape index (κ1) is 17.7. The van der Waals surface area contributed by atoms with Gasteiger partial charge in [0.05, 0.1) is 12.7 Å². The number of aromatic nitrogens is 1. The lowest BCUT2D eigenvalue weighted by Gasteiger charge is -2.48. The van der Waals surface area contributed by atoms with Crippen LogP contribution in [-0.4, -0.2) is 46.8 Å². The second kappa shape index (κ2) is 6.20. The first-order valence-corrected chi connectivity index (χ1v) is 10.6. The summed E-state index contributed by atoms with van der Waals surface area (Å²) in [4.78, 5) is 15.5. The minimum absolute atomic E-state index is 0.155.